The molecule has 0 aromatic carbocycles. The van der Waals surface area contributed by atoms with Crippen LogP contribution in [0.2, 0.25) is 0 Å². The van der Waals surface area contributed by atoms with Crippen molar-refractivity contribution < 1.29 is 14.1 Å². The van der Waals surface area contributed by atoms with E-state index in [4.69, 9.17) is 4.52 Å². The van der Waals surface area contributed by atoms with Crippen LogP contribution in [0, 0.1) is 54.8 Å². The highest BCUT2D eigenvalue weighted by Gasteiger charge is 2.44. The van der Waals surface area contributed by atoms with Crippen molar-refractivity contribution in [2.24, 2.45) is 11.3 Å². The Kier molecular flexibility index (Phi) is 5.60. The first kappa shape index (κ1) is 21.4. The molecule has 0 bridgehead atoms. The van der Waals surface area contributed by atoms with Crippen molar-refractivity contribution >= 4 is 23.5 Å². The second-order valence-corrected chi connectivity index (χ2v) is 8.70. The third kappa shape index (κ3) is 3.53. The largest absolute Gasteiger partial charge is 0.360 e. The molecule has 3 heterocycles. The van der Waals surface area contributed by atoms with Crippen LogP contribution in [0.1, 0.15) is 41.4 Å². The number of hydrogen-bond acceptors (Lipinski definition) is 7. The molecule has 0 radical (unpaired) electrons. The Morgan fingerprint density at radius 2 is 2.03 bits per heavy atom. The summed E-state index contributed by atoms with van der Waals surface area (Å²) in [6.45, 7) is 8.88. The molecule has 2 aromatic rings. The zero-order valence-electron chi connectivity index (χ0n) is 17.4. The lowest BCUT2D eigenvalue weighted by molar-refractivity contribution is -0.125. The number of thioether (sulfide) groups is 1. The van der Waals surface area contributed by atoms with Gasteiger partial charge in [0.05, 0.1) is 28.5 Å². The van der Waals surface area contributed by atoms with Gasteiger partial charge in [0.2, 0.25) is 5.91 Å². The van der Waals surface area contributed by atoms with Gasteiger partial charge in [-0.2, -0.15) is 10.5 Å². The van der Waals surface area contributed by atoms with Gasteiger partial charge < -0.3 is 9.84 Å². The summed E-state index contributed by atoms with van der Waals surface area (Å²) in [6.07, 6.45) is 0. The average molecular weight is 423 g/mol. The van der Waals surface area contributed by atoms with E-state index in [1.54, 1.807) is 32.9 Å². The summed E-state index contributed by atoms with van der Waals surface area (Å²) in [6, 6.07) is 7.64. The van der Waals surface area contributed by atoms with Gasteiger partial charge in [0.1, 0.15) is 11.7 Å². The van der Waals surface area contributed by atoms with E-state index in [1.807, 2.05) is 24.5 Å². The predicted octanol–water partition coefficient (Wildman–Crippen LogP) is 3.34. The fraction of sp³-hybridized carbons (Fsp3) is 0.381. The maximum Gasteiger partial charge on any atom is 0.243 e. The molecule has 0 unspecified atom stereocenters. The fourth-order valence-corrected chi connectivity index (χ4v) is 4.66. The van der Waals surface area contributed by atoms with Crippen LogP contribution in [0.5, 0.6) is 0 Å². The van der Waals surface area contributed by atoms with Crippen molar-refractivity contribution in [2.75, 3.05) is 5.75 Å². The van der Waals surface area contributed by atoms with Gasteiger partial charge in [0, 0.05) is 28.4 Å². The number of aryl methyl sites for hydroxylation is 2. The van der Waals surface area contributed by atoms with E-state index < -0.39 is 17.2 Å². The molecule has 0 saturated heterocycles. The van der Waals surface area contributed by atoms with Gasteiger partial charge in [-0.25, -0.2) is 0 Å². The SMILES string of the molecule is Cc1cc(-n2c(C)cc(C(=O)CSC3=C(C#N)C(C)(C)[C@@H](C#N)C(=O)N3)c2C)no1. The molecule has 1 N–H and O–H groups in total. The lowest BCUT2D eigenvalue weighted by Gasteiger charge is -2.34. The van der Waals surface area contributed by atoms with Gasteiger partial charge in [-0.3, -0.25) is 14.2 Å². The van der Waals surface area contributed by atoms with E-state index in [-0.39, 0.29) is 11.5 Å². The Bertz CT molecular complexity index is 1160. The molecule has 0 aliphatic carbocycles. The van der Waals surface area contributed by atoms with Crippen molar-refractivity contribution in [2.45, 2.75) is 34.6 Å². The Hall–Kier alpha value is -3.30. The van der Waals surface area contributed by atoms with Gasteiger partial charge in [-0.15, -0.1) is 0 Å². The summed E-state index contributed by atoms with van der Waals surface area (Å²) < 4.78 is 6.98. The number of carbonyl (C=O) groups excluding carboxylic acids is 2. The molecule has 0 saturated carbocycles. The highest BCUT2D eigenvalue weighted by molar-refractivity contribution is 8.03. The summed E-state index contributed by atoms with van der Waals surface area (Å²) in [7, 11) is 0. The number of hydrogen-bond donors (Lipinski definition) is 1. The molecular formula is C21H21N5O3S. The van der Waals surface area contributed by atoms with E-state index >= 15 is 0 Å². The zero-order chi connectivity index (χ0) is 22.2. The van der Waals surface area contributed by atoms with E-state index in [0.29, 0.717) is 27.7 Å². The monoisotopic (exact) mass is 423 g/mol. The van der Waals surface area contributed by atoms with Crippen LogP contribution in [0.25, 0.3) is 5.82 Å². The minimum atomic E-state index is -0.961. The van der Waals surface area contributed by atoms with Crippen molar-refractivity contribution in [1.29, 1.82) is 10.5 Å². The van der Waals surface area contributed by atoms with E-state index in [1.165, 1.54) is 0 Å². The smallest absolute Gasteiger partial charge is 0.243 e. The Labute approximate surface area is 178 Å². The van der Waals surface area contributed by atoms with Crippen molar-refractivity contribution in [3.05, 3.63) is 45.4 Å². The number of amides is 1. The molecule has 9 heteroatoms. The Morgan fingerprint density at radius 1 is 1.33 bits per heavy atom. The summed E-state index contributed by atoms with van der Waals surface area (Å²) in [5.41, 5.74) is 1.48. The third-order valence-corrected chi connectivity index (χ3v) is 6.26. The molecule has 8 nitrogen and oxygen atoms in total. The number of nitriles is 2. The second kappa shape index (κ2) is 7.85. The maximum atomic E-state index is 12.9. The first-order chi connectivity index (χ1) is 14.1. The van der Waals surface area contributed by atoms with Gasteiger partial charge in [0.15, 0.2) is 11.6 Å². The molecule has 1 atom stereocenters. The highest BCUT2D eigenvalue weighted by Crippen LogP contribution is 2.42. The van der Waals surface area contributed by atoms with Gasteiger partial charge in [-0.1, -0.05) is 30.8 Å². The molecule has 30 heavy (non-hydrogen) atoms. The van der Waals surface area contributed by atoms with Crippen molar-refractivity contribution in [3.63, 3.8) is 0 Å². The van der Waals surface area contributed by atoms with Gasteiger partial charge >= 0.3 is 0 Å². The molecule has 1 aliphatic heterocycles. The van der Waals surface area contributed by atoms with Crippen LogP contribution in [0.3, 0.4) is 0 Å². The topological polar surface area (TPSA) is 125 Å². The van der Waals surface area contributed by atoms with Crippen LogP contribution in [0.4, 0.5) is 0 Å². The van der Waals surface area contributed by atoms with Gasteiger partial charge in [-0.05, 0) is 26.8 Å². The summed E-state index contributed by atoms with van der Waals surface area (Å²) in [5.74, 6) is -0.251. The van der Waals surface area contributed by atoms with Crippen molar-refractivity contribution in [3.8, 4) is 18.0 Å². The first-order valence-corrected chi connectivity index (χ1v) is 10.2. The maximum absolute atomic E-state index is 12.9. The normalized spacial score (nSPS) is 18.0. The number of nitrogens with zero attached hydrogens (tertiary/aromatic N) is 4. The molecule has 2 aromatic heterocycles. The first-order valence-electron chi connectivity index (χ1n) is 9.25. The Balaban J connectivity index is 1.86. The fourth-order valence-electron chi connectivity index (χ4n) is 3.61. The summed E-state index contributed by atoms with van der Waals surface area (Å²) >= 11 is 1.10. The second-order valence-electron chi connectivity index (χ2n) is 7.72. The van der Waals surface area contributed by atoms with Crippen molar-refractivity contribution in [1.82, 2.24) is 15.0 Å². The number of aromatic nitrogens is 2. The minimum Gasteiger partial charge on any atom is -0.360 e. The number of rotatable bonds is 5. The van der Waals surface area contributed by atoms with Crippen LogP contribution in [0.15, 0.2) is 27.3 Å². The standard InChI is InChI=1S/C21H21N5O3S/c1-11-6-14(13(3)26(11)18-7-12(2)29-25-18)17(27)10-30-20-16(9-23)21(4,5)15(8-22)19(28)24-20/h6-7,15H,10H2,1-5H3,(H,24,28)/t15-/m0/s1. The number of nitrogens with one attached hydrogen (secondary N) is 1. The quantitative estimate of drug-likeness (QED) is 0.731. The third-order valence-electron chi connectivity index (χ3n) is 5.26. The zero-order valence-corrected chi connectivity index (χ0v) is 18.2. The molecule has 0 fully saturated rings. The van der Waals surface area contributed by atoms with E-state index in [0.717, 1.165) is 23.1 Å². The van der Waals surface area contributed by atoms with Crippen LogP contribution in [-0.4, -0.2) is 27.2 Å². The number of Topliss-reactive ketones (excluding diaryl/α,β-unsaturated/α-hetero) is 1. The van der Waals surface area contributed by atoms with Gasteiger partial charge in [0.25, 0.3) is 0 Å². The van der Waals surface area contributed by atoms with E-state index in [2.05, 4.69) is 16.5 Å². The minimum absolute atomic E-state index is 0.0379. The van der Waals surface area contributed by atoms with Crippen LogP contribution < -0.4 is 5.32 Å². The predicted molar refractivity (Wildman–Crippen MR) is 110 cm³/mol. The van der Waals surface area contributed by atoms with E-state index in [9.17, 15) is 20.1 Å². The van der Waals surface area contributed by atoms with Crippen LogP contribution >= 0.6 is 11.8 Å². The molecule has 0 spiro atoms. The van der Waals surface area contributed by atoms with Crippen LogP contribution in [-0.2, 0) is 4.79 Å². The molecule has 1 amide bonds. The summed E-state index contributed by atoms with van der Waals surface area (Å²) in [5, 5.41) is 25.9. The lowest BCUT2D eigenvalue weighted by Crippen LogP contribution is -2.44. The number of ketones is 1. The number of carbonyl (C=O) groups is 2. The molecule has 154 valence electrons. The summed E-state index contributed by atoms with van der Waals surface area (Å²) in [4.78, 5) is 25.2. The number of allylic oxidation sites excluding steroid dienone is 1. The molecule has 1 aliphatic rings. The Morgan fingerprint density at radius 3 is 2.60 bits per heavy atom. The average Bonchev–Trinajstić information content (AvgIpc) is 3.21. The lowest BCUT2D eigenvalue weighted by atomic mass is 9.72. The molecule has 3 rings (SSSR count). The molecular weight excluding hydrogens is 402 g/mol. The highest BCUT2D eigenvalue weighted by atomic mass is 32.2.